The molecule has 0 aromatic rings. The molecule has 548 valence electrons. The summed E-state index contributed by atoms with van der Waals surface area (Å²) in [4.78, 5) is 0. The molecule has 89 heavy (non-hydrogen) atoms. The van der Waals surface area contributed by atoms with Crippen LogP contribution < -0.4 is 58.5 Å². The van der Waals surface area contributed by atoms with Crippen molar-refractivity contribution in [1.29, 1.82) is 0 Å². The fraction of sp³-hybridized carbons (Fsp3) is 1.00. The van der Waals surface area contributed by atoms with E-state index in [1.54, 1.807) is 0 Å². The van der Waals surface area contributed by atoms with Crippen molar-refractivity contribution >= 4 is 11.8 Å². The van der Waals surface area contributed by atoms with Gasteiger partial charge in [0.05, 0.1) is 52.4 Å². The topological polar surface area (TPSA) is 188 Å². The van der Waals surface area contributed by atoms with Gasteiger partial charge < -0.3 is 86.9 Å². The Morgan fingerprint density at radius 2 is 0.663 bits per heavy atom. The standard InChI is InChI=1S/C9H17N.C6H11N.C6H13N.C5H9NO.C5H11N.C4H10N2.C4H9NO.C4H9NS.C4H9N.C4H8O2.C4H8O.C3H7N.C3H6O.10CH4/c1-2-4-9-7-10-6-5-8(9)3-1;1-2-6-3-5(1)4-7-6;1-2-4-6-7-5-3-1;1-4-3-7-5(1)2-6-4;1-2-4-6-5-3-1;1-2-6-4-3-5-1;2*1-3-6-4-2-5-1;1-2-4-5-3-1;1-2-6-4-3-5-1;1-2-4-5-3-1;2*1-2-4-3-1;;;;;;;;;;/h8-10H,1-7H2;5-7H,1-4H2;7H,1-6H2;4-6H,1-3H2;6H,1-5H2;5-6H,1-4H2;2*5H,1-4H2;5H,1-4H2;1-4H2;1-4H2;4H,1-3H2;1-3H2;10*1H4. The van der Waals surface area contributed by atoms with E-state index in [1.165, 1.54) is 238 Å². The number of nitrogens with one attached hydrogen (secondary N) is 11. The smallest absolute Gasteiger partial charge is 0.0716 e. The number of thioether (sulfide) groups is 1. The Bertz CT molecular complexity index is 962. The molecule has 4 bridgehead atoms. The summed E-state index contributed by atoms with van der Waals surface area (Å²) >= 11 is 2.03. The minimum Gasteiger partial charge on any atom is -0.381 e. The number of hydrogen-bond donors (Lipinski definition) is 11. The summed E-state index contributed by atoms with van der Waals surface area (Å²) in [6.07, 6.45) is 31.6. The van der Waals surface area contributed by atoms with Crippen molar-refractivity contribution in [1.82, 2.24) is 58.5 Å². The molecule has 0 aromatic carbocycles. The van der Waals surface area contributed by atoms with Gasteiger partial charge in [-0.2, -0.15) is 11.8 Å². The van der Waals surface area contributed by atoms with E-state index in [4.69, 9.17) is 28.4 Å². The lowest BCUT2D eigenvalue weighted by atomic mass is 9.76. The molecule has 16 rings (SSSR count). The summed E-state index contributed by atoms with van der Waals surface area (Å²) in [6, 6.07) is 1.62. The fourth-order valence-corrected chi connectivity index (χ4v) is 11.7. The van der Waals surface area contributed by atoms with Crippen LogP contribution in [0.3, 0.4) is 0 Å². The van der Waals surface area contributed by atoms with Crippen LogP contribution in [0.5, 0.6) is 0 Å². The molecule has 18 heteroatoms. The highest BCUT2D eigenvalue weighted by atomic mass is 32.2. The van der Waals surface area contributed by atoms with Crippen LogP contribution in [-0.4, -0.2) is 233 Å². The van der Waals surface area contributed by atoms with Crippen LogP contribution in [-0.2, 0) is 28.4 Å². The van der Waals surface area contributed by atoms with E-state index in [1.807, 2.05) is 11.8 Å². The molecule has 6 atom stereocenters. The third-order valence-corrected chi connectivity index (χ3v) is 17.2. The zero-order chi connectivity index (χ0) is 55.1. The van der Waals surface area contributed by atoms with Gasteiger partial charge in [0.15, 0.2) is 0 Å². The second-order valence-corrected chi connectivity index (χ2v) is 24.4. The number of hydrogen-bond acceptors (Lipinski definition) is 18. The Balaban J connectivity index is -0.000000163. The Kier molecular flexibility index (Phi) is 92.0. The Morgan fingerprint density at radius 3 is 0.888 bits per heavy atom. The lowest BCUT2D eigenvalue weighted by molar-refractivity contribution is -0.0334. The first kappa shape index (κ1) is 102. The molecule has 14 heterocycles. The quantitative estimate of drug-likeness (QED) is 0.110. The SMILES string of the molecule is C.C.C.C.C.C.C.C.C.C.C1CC2CC1CN2.C1CCC2CNCCC2C1.C1CCCNCC1.C1CCNC1.C1CCNCC1.C1CCOC1.C1CNC1.C1CNCCN1.C1COC1.C1COCCN1.C1COCCO1.C1CSCCN1.C1OC2CNC1C2. The Labute approximate surface area is 562 Å². The maximum Gasteiger partial charge on any atom is 0.0716 e. The molecule has 0 amide bonds. The zero-order valence-corrected chi connectivity index (χ0v) is 51.5. The van der Waals surface area contributed by atoms with Gasteiger partial charge in [-0.25, -0.2) is 0 Å². The Hall–Kier alpha value is -0.330. The highest BCUT2D eigenvalue weighted by Crippen LogP contribution is 2.33. The fourth-order valence-electron chi connectivity index (χ4n) is 10.9. The molecule has 16 fully saturated rings. The van der Waals surface area contributed by atoms with Gasteiger partial charge in [-0.05, 0) is 192 Å². The van der Waals surface area contributed by atoms with Gasteiger partial charge in [0, 0.05) is 109 Å². The second kappa shape index (κ2) is 80.1. The van der Waals surface area contributed by atoms with Gasteiger partial charge >= 0.3 is 0 Å². The van der Waals surface area contributed by atoms with Gasteiger partial charge in [-0.15, -0.1) is 0 Å². The van der Waals surface area contributed by atoms with Crippen LogP contribution in [0, 0.1) is 17.8 Å². The number of fused-ring (bicyclic) bond motifs is 5. The molecule has 0 aromatic heterocycles. The summed E-state index contributed by atoms with van der Waals surface area (Å²) < 4.78 is 29.9. The second-order valence-electron chi connectivity index (χ2n) is 23.1. The molecule has 0 radical (unpaired) electrons. The maximum atomic E-state index is 5.29. The van der Waals surface area contributed by atoms with E-state index in [9.17, 15) is 0 Å². The summed E-state index contributed by atoms with van der Waals surface area (Å²) in [5.41, 5.74) is 0. The largest absolute Gasteiger partial charge is 0.381 e. The Morgan fingerprint density at radius 1 is 0.258 bits per heavy atom. The van der Waals surface area contributed by atoms with Crippen molar-refractivity contribution in [2.24, 2.45) is 17.8 Å². The molecule has 6 unspecified atom stereocenters. The minimum absolute atomic E-state index is 0. The monoisotopic (exact) mass is 1300 g/mol. The van der Waals surface area contributed by atoms with Crippen molar-refractivity contribution in [3.63, 3.8) is 0 Å². The van der Waals surface area contributed by atoms with Crippen LogP contribution in [0.25, 0.3) is 0 Å². The molecule has 14 saturated heterocycles. The van der Waals surface area contributed by atoms with Crippen LogP contribution in [0.2, 0.25) is 0 Å². The lowest BCUT2D eigenvalue weighted by Gasteiger charge is -2.35. The summed E-state index contributed by atoms with van der Waals surface area (Å²) in [7, 11) is 0. The van der Waals surface area contributed by atoms with Gasteiger partial charge in [-0.1, -0.05) is 113 Å². The van der Waals surface area contributed by atoms with Crippen molar-refractivity contribution in [2.45, 2.75) is 234 Å². The van der Waals surface area contributed by atoms with Crippen LogP contribution in [0.4, 0.5) is 0 Å². The normalized spacial score (nSPS) is 27.0. The molecule has 14 aliphatic heterocycles. The predicted molar refractivity (Wildman–Crippen MR) is 400 cm³/mol. The van der Waals surface area contributed by atoms with E-state index in [-0.39, 0.29) is 74.3 Å². The summed E-state index contributed by atoms with van der Waals surface area (Å²) in [6.45, 7) is 33.9. The number of rotatable bonds is 0. The third kappa shape index (κ3) is 63.5. The molecule has 16 aliphatic rings. The van der Waals surface area contributed by atoms with Gasteiger partial charge in [0.1, 0.15) is 0 Å². The van der Waals surface area contributed by atoms with E-state index < -0.39 is 0 Å². The first-order chi connectivity index (χ1) is 39.4. The van der Waals surface area contributed by atoms with E-state index in [0.29, 0.717) is 12.1 Å². The molecule has 17 nitrogen and oxygen atoms in total. The van der Waals surface area contributed by atoms with Crippen molar-refractivity contribution in [3.05, 3.63) is 0 Å². The summed E-state index contributed by atoms with van der Waals surface area (Å²) in [5, 5.41) is 36.1. The average Bonchev–Trinajstić information content (AvgIpc) is 4.51. The average molecular weight is 1300 g/mol. The summed E-state index contributed by atoms with van der Waals surface area (Å²) in [5.74, 6) is 5.81. The predicted octanol–water partition coefficient (Wildman–Crippen LogP) is 11.3. The number of ether oxygens (including phenoxy) is 6. The van der Waals surface area contributed by atoms with Crippen LogP contribution in [0.1, 0.15) is 216 Å². The number of piperidine rings is 3. The first-order valence-corrected chi connectivity index (χ1v) is 34.4. The van der Waals surface area contributed by atoms with Crippen LogP contribution in [0.15, 0.2) is 0 Å². The maximum absolute atomic E-state index is 5.29. The number of piperazine rings is 1. The van der Waals surface area contributed by atoms with Crippen molar-refractivity contribution in [3.8, 4) is 0 Å². The van der Waals surface area contributed by atoms with E-state index in [2.05, 4.69) is 58.5 Å². The van der Waals surface area contributed by atoms with E-state index >= 15 is 0 Å². The third-order valence-electron chi connectivity index (χ3n) is 16.2. The number of morpholine rings is 2. The lowest BCUT2D eigenvalue weighted by Crippen LogP contribution is -2.39. The van der Waals surface area contributed by atoms with Crippen molar-refractivity contribution < 1.29 is 28.4 Å². The highest BCUT2D eigenvalue weighted by Gasteiger charge is 2.32. The van der Waals surface area contributed by atoms with Crippen molar-refractivity contribution in [2.75, 3.05) is 215 Å². The minimum atomic E-state index is 0. The van der Waals surface area contributed by atoms with Gasteiger partial charge in [0.2, 0.25) is 0 Å². The molecular formula is C71H167N11O6S. The van der Waals surface area contributed by atoms with Crippen LogP contribution >= 0.6 is 11.8 Å². The molecule has 0 spiro atoms. The van der Waals surface area contributed by atoms with Gasteiger partial charge in [-0.3, -0.25) is 0 Å². The first-order valence-electron chi connectivity index (χ1n) is 33.3. The van der Waals surface area contributed by atoms with Gasteiger partial charge in [0.25, 0.3) is 0 Å². The molecule has 2 aliphatic carbocycles. The van der Waals surface area contributed by atoms with E-state index in [0.717, 1.165) is 142 Å². The molecule has 11 N–H and O–H groups in total. The molecular weight excluding hydrogens is 1130 g/mol. The zero-order valence-electron chi connectivity index (χ0n) is 50.7. The highest BCUT2D eigenvalue weighted by molar-refractivity contribution is 7.99. The molecule has 2 saturated carbocycles.